The number of methoxy groups -OCH3 is 1. The molecule has 3 N–H and O–H groups in total. The molecule has 0 unspecified atom stereocenters. The summed E-state index contributed by atoms with van der Waals surface area (Å²) in [6.45, 7) is 0.515. The summed E-state index contributed by atoms with van der Waals surface area (Å²) in [4.78, 5) is 8.31. The Balaban J connectivity index is 1.95. The maximum atomic E-state index is 5.86. The van der Waals surface area contributed by atoms with E-state index in [0.717, 1.165) is 30.8 Å². The lowest BCUT2D eigenvalue weighted by molar-refractivity contribution is 0.181. The molecule has 0 spiro atoms. The zero-order valence-corrected chi connectivity index (χ0v) is 9.52. The van der Waals surface area contributed by atoms with Gasteiger partial charge in [-0.05, 0) is 19.3 Å². The Hall–Kier alpha value is -1.20. The number of nitrogens with zero attached hydrogens (tertiary/aromatic N) is 2. The quantitative estimate of drug-likeness (QED) is 0.792. The molecule has 1 saturated carbocycles. The Morgan fingerprint density at radius 1 is 1.50 bits per heavy atom. The van der Waals surface area contributed by atoms with Crippen LogP contribution in [0.3, 0.4) is 0 Å². The van der Waals surface area contributed by atoms with Gasteiger partial charge in [-0.1, -0.05) is 0 Å². The van der Waals surface area contributed by atoms with Gasteiger partial charge in [0.25, 0.3) is 0 Å². The van der Waals surface area contributed by atoms with Gasteiger partial charge in [-0.25, -0.2) is 9.97 Å². The summed E-state index contributed by atoms with van der Waals surface area (Å²) in [5.41, 5.74) is 6.75. The van der Waals surface area contributed by atoms with Gasteiger partial charge >= 0.3 is 0 Å². The fraction of sp³-hybridized carbons (Fsp3) is 0.636. The van der Waals surface area contributed by atoms with Crippen molar-refractivity contribution in [2.45, 2.75) is 38.0 Å². The first-order chi connectivity index (χ1) is 7.78. The maximum absolute atomic E-state index is 5.86. The number of rotatable bonds is 4. The number of anilines is 1. The minimum absolute atomic E-state index is 0.331. The number of nitrogens with two attached hydrogens (primary N) is 1. The van der Waals surface area contributed by atoms with Crippen LogP contribution in [0.25, 0.3) is 0 Å². The molecule has 88 valence electrons. The monoisotopic (exact) mass is 222 g/mol. The van der Waals surface area contributed by atoms with Gasteiger partial charge in [-0.2, -0.15) is 0 Å². The zero-order chi connectivity index (χ0) is 11.4. The third-order valence-electron chi connectivity index (χ3n) is 2.84. The molecule has 2 atom stereocenters. The Bertz CT molecular complexity index is 345. The summed E-state index contributed by atoms with van der Waals surface area (Å²) in [7, 11) is 1.66. The van der Waals surface area contributed by atoms with Crippen LogP contribution in [-0.2, 0) is 11.3 Å². The minimum Gasteiger partial charge on any atom is -0.378 e. The summed E-state index contributed by atoms with van der Waals surface area (Å²) in [6, 6.07) is 2.70. The number of ether oxygens (including phenoxy) is 1. The molecule has 1 heterocycles. The maximum Gasteiger partial charge on any atom is 0.129 e. The highest BCUT2D eigenvalue weighted by molar-refractivity contribution is 5.36. The highest BCUT2D eigenvalue weighted by atomic mass is 16.5. The van der Waals surface area contributed by atoms with Crippen LogP contribution in [0.1, 0.15) is 25.0 Å². The van der Waals surface area contributed by atoms with E-state index in [1.54, 1.807) is 13.4 Å². The molecule has 0 saturated heterocycles. The van der Waals surface area contributed by atoms with Crippen molar-refractivity contribution >= 4 is 5.82 Å². The third kappa shape index (κ3) is 2.90. The van der Waals surface area contributed by atoms with Crippen molar-refractivity contribution < 1.29 is 4.74 Å². The first kappa shape index (κ1) is 11.3. The SMILES string of the molecule is COCc1cc(N[C@H]2CC[C@H](N)C2)ncn1. The van der Waals surface area contributed by atoms with E-state index in [1.807, 2.05) is 6.07 Å². The van der Waals surface area contributed by atoms with E-state index in [1.165, 1.54) is 0 Å². The molecule has 0 bridgehead atoms. The minimum atomic E-state index is 0.331. The highest BCUT2D eigenvalue weighted by Gasteiger charge is 2.21. The van der Waals surface area contributed by atoms with Crippen LogP contribution in [0.2, 0.25) is 0 Å². The molecule has 2 rings (SSSR count). The second-order valence-corrected chi connectivity index (χ2v) is 4.24. The van der Waals surface area contributed by atoms with E-state index >= 15 is 0 Å². The predicted molar refractivity (Wildman–Crippen MR) is 62.0 cm³/mol. The van der Waals surface area contributed by atoms with Crippen molar-refractivity contribution in [2.24, 2.45) is 5.73 Å². The first-order valence-electron chi connectivity index (χ1n) is 5.60. The van der Waals surface area contributed by atoms with Crippen LogP contribution < -0.4 is 11.1 Å². The number of hydrogen-bond donors (Lipinski definition) is 2. The molecular formula is C11H18N4O. The number of hydrogen-bond acceptors (Lipinski definition) is 5. The topological polar surface area (TPSA) is 73.1 Å². The van der Waals surface area contributed by atoms with Crippen LogP contribution in [0.4, 0.5) is 5.82 Å². The lowest BCUT2D eigenvalue weighted by Crippen LogP contribution is -2.21. The smallest absolute Gasteiger partial charge is 0.129 e. The summed E-state index contributed by atoms with van der Waals surface area (Å²) in [6.07, 6.45) is 4.79. The fourth-order valence-corrected chi connectivity index (χ4v) is 2.06. The Kier molecular flexibility index (Phi) is 3.69. The molecule has 5 nitrogen and oxygen atoms in total. The average molecular weight is 222 g/mol. The summed E-state index contributed by atoms with van der Waals surface area (Å²) in [5.74, 6) is 0.862. The molecule has 1 aliphatic rings. The summed E-state index contributed by atoms with van der Waals surface area (Å²) >= 11 is 0. The third-order valence-corrected chi connectivity index (χ3v) is 2.84. The van der Waals surface area contributed by atoms with Gasteiger partial charge in [0.2, 0.25) is 0 Å². The van der Waals surface area contributed by atoms with Gasteiger partial charge in [0.15, 0.2) is 0 Å². The fourth-order valence-electron chi connectivity index (χ4n) is 2.06. The van der Waals surface area contributed by atoms with Crippen LogP contribution in [0.15, 0.2) is 12.4 Å². The van der Waals surface area contributed by atoms with Crippen molar-refractivity contribution in [3.8, 4) is 0 Å². The molecule has 0 radical (unpaired) electrons. The first-order valence-corrected chi connectivity index (χ1v) is 5.60. The molecule has 16 heavy (non-hydrogen) atoms. The Morgan fingerprint density at radius 3 is 3.06 bits per heavy atom. The molecular weight excluding hydrogens is 204 g/mol. The van der Waals surface area contributed by atoms with Gasteiger partial charge in [0.1, 0.15) is 12.1 Å². The predicted octanol–water partition coefficient (Wildman–Crippen LogP) is 0.915. The lowest BCUT2D eigenvalue weighted by Gasteiger charge is -2.13. The second-order valence-electron chi connectivity index (χ2n) is 4.24. The van der Waals surface area contributed by atoms with Crippen LogP contribution in [0, 0.1) is 0 Å². The second kappa shape index (κ2) is 5.23. The molecule has 0 aliphatic heterocycles. The molecule has 0 amide bonds. The van der Waals surface area contributed by atoms with E-state index in [-0.39, 0.29) is 0 Å². The van der Waals surface area contributed by atoms with E-state index < -0.39 is 0 Å². The summed E-state index contributed by atoms with van der Waals surface area (Å²) < 4.78 is 5.03. The van der Waals surface area contributed by atoms with Crippen molar-refractivity contribution in [3.05, 3.63) is 18.1 Å². The van der Waals surface area contributed by atoms with Gasteiger partial charge in [-0.3, -0.25) is 0 Å². The van der Waals surface area contributed by atoms with Gasteiger partial charge in [0.05, 0.1) is 12.3 Å². The van der Waals surface area contributed by atoms with Crippen molar-refractivity contribution in [1.29, 1.82) is 0 Å². The van der Waals surface area contributed by atoms with Crippen LogP contribution in [0.5, 0.6) is 0 Å². The van der Waals surface area contributed by atoms with Crippen molar-refractivity contribution in [2.75, 3.05) is 12.4 Å². The molecule has 1 aromatic rings. The van der Waals surface area contributed by atoms with E-state index in [0.29, 0.717) is 18.7 Å². The average Bonchev–Trinajstić information content (AvgIpc) is 2.65. The molecule has 1 aromatic heterocycles. The molecule has 1 aliphatic carbocycles. The Labute approximate surface area is 95.4 Å². The van der Waals surface area contributed by atoms with E-state index in [9.17, 15) is 0 Å². The number of aromatic nitrogens is 2. The summed E-state index contributed by atoms with van der Waals surface area (Å²) in [5, 5.41) is 3.38. The van der Waals surface area contributed by atoms with Gasteiger partial charge in [0, 0.05) is 25.3 Å². The highest BCUT2D eigenvalue weighted by Crippen LogP contribution is 2.20. The van der Waals surface area contributed by atoms with E-state index in [2.05, 4.69) is 15.3 Å². The van der Waals surface area contributed by atoms with Crippen molar-refractivity contribution in [1.82, 2.24) is 9.97 Å². The lowest BCUT2D eigenvalue weighted by atomic mass is 10.2. The van der Waals surface area contributed by atoms with Crippen LogP contribution >= 0.6 is 0 Å². The van der Waals surface area contributed by atoms with Crippen molar-refractivity contribution in [3.63, 3.8) is 0 Å². The zero-order valence-electron chi connectivity index (χ0n) is 9.52. The molecule has 0 aromatic carbocycles. The van der Waals surface area contributed by atoms with Gasteiger partial charge in [-0.15, -0.1) is 0 Å². The van der Waals surface area contributed by atoms with Gasteiger partial charge < -0.3 is 15.8 Å². The normalized spacial score (nSPS) is 24.6. The van der Waals surface area contributed by atoms with E-state index in [4.69, 9.17) is 10.5 Å². The molecule has 5 heteroatoms. The largest absolute Gasteiger partial charge is 0.378 e. The molecule has 1 fully saturated rings. The standard InChI is InChI=1S/C11H18N4O/c1-16-6-10-5-11(14-7-13-10)15-9-3-2-8(12)4-9/h5,7-9H,2-4,6,12H2,1H3,(H,13,14,15)/t8-,9-/m0/s1. The van der Waals surface area contributed by atoms with Crippen LogP contribution in [-0.4, -0.2) is 29.2 Å². The number of nitrogens with one attached hydrogen (secondary N) is 1. The Morgan fingerprint density at radius 2 is 2.38 bits per heavy atom.